The number of nitrogens with one attached hydrogen (secondary N) is 1. The highest BCUT2D eigenvalue weighted by atomic mass is 19.4. The van der Waals surface area contributed by atoms with Crippen LogP contribution in [-0.4, -0.2) is 31.9 Å². The third kappa shape index (κ3) is 4.54. The molecular formula is C14H14F5NO3. The number of hydrogen-bond donors (Lipinski definition) is 1. The number of rotatable bonds is 5. The molecule has 128 valence electrons. The zero-order chi connectivity index (χ0) is 17.0. The highest BCUT2D eigenvalue weighted by Crippen LogP contribution is 2.38. The third-order valence-electron chi connectivity index (χ3n) is 3.36. The molecule has 1 aromatic rings. The Hall–Kier alpha value is -1.90. The number of amides is 1. The second kappa shape index (κ2) is 7.12. The second-order valence-electron chi connectivity index (χ2n) is 4.96. The Bertz CT molecular complexity index is 543. The second-order valence-corrected chi connectivity index (χ2v) is 4.96. The van der Waals surface area contributed by atoms with E-state index in [0.717, 1.165) is 12.1 Å². The minimum Gasteiger partial charge on any atom is -0.434 e. The Balaban J connectivity index is 2.27. The summed E-state index contributed by atoms with van der Waals surface area (Å²) in [6.45, 7) is -2.95. The molecule has 0 radical (unpaired) electrons. The maximum absolute atomic E-state index is 13.3. The van der Waals surface area contributed by atoms with Crippen LogP contribution in [0.5, 0.6) is 5.75 Å². The minimum atomic E-state index is -4.86. The summed E-state index contributed by atoms with van der Waals surface area (Å²) >= 11 is 0. The molecule has 2 atom stereocenters. The van der Waals surface area contributed by atoms with Crippen LogP contribution in [0.3, 0.4) is 0 Å². The number of ether oxygens (including phenoxy) is 2. The maximum atomic E-state index is 13.3. The molecule has 9 heteroatoms. The summed E-state index contributed by atoms with van der Waals surface area (Å²) in [5.41, 5.74) is -0.576. The molecule has 1 aliphatic heterocycles. The number of benzene rings is 1. The van der Waals surface area contributed by atoms with Gasteiger partial charge < -0.3 is 14.8 Å². The normalized spacial score (nSPS) is 19.7. The predicted molar refractivity (Wildman–Crippen MR) is 68.9 cm³/mol. The first-order valence-corrected chi connectivity index (χ1v) is 6.77. The molecule has 4 nitrogen and oxygen atoms in total. The van der Waals surface area contributed by atoms with E-state index in [0.29, 0.717) is 13.0 Å². The summed E-state index contributed by atoms with van der Waals surface area (Å²) < 4.78 is 73.6. The quantitative estimate of drug-likeness (QED) is 0.839. The van der Waals surface area contributed by atoms with Gasteiger partial charge in [-0.15, -0.1) is 0 Å². The van der Waals surface area contributed by atoms with Gasteiger partial charge in [0.15, 0.2) is 6.04 Å². The van der Waals surface area contributed by atoms with Gasteiger partial charge in [0.2, 0.25) is 5.91 Å². The zero-order valence-electron chi connectivity index (χ0n) is 11.8. The van der Waals surface area contributed by atoms with Crippen molar-refractivity contribution in [3.8, 4) is 5.75 Å². The highest BCUT2D eigenvalue weighted by molar-refractivity contribution is 5.79. The van der Waals surface area contributed by atoms with Crippen molar-refractivity contribution in [2.45, 2.75) is 25.3 Å². The summed E-state index contributed by atoms with van der Waals surface area (Å²) in [6, 6.07) is 2.05. The number of alkyl halides is 5. The number of para-hydroxylation sites is 1. The molecule has 1 N–H and O–H groups in total. The minimum absolute atomic E-state index is 0.0333. The smallest absolute Gasteiger partial charge is 0.413 e. The molecule has 1 amide bonds. The van der Waals surface area contributed by atoms with Gasteiger partial charge in [0.1, 0.15) is 5.75 Å². The van der Waals surface area contributed by atoms with E-state index < -0.39 is 42.0 Å². The van der Waals surface area contributed by atoms with Crippen LogP contribution in [-0.2, 0) is 9.53 Å². The van der Waals surface area contributed by atoms with Gasteiger partial charge in [-0.05, 0) is 12.5 Å². The van der Waals surface area contributed by atoms with Crippen LogP contribution in [0.2, 0.25) is 0 Å². The van der Waals surface area contributed by atoms with Crippen LogP contribution in [0.25, 0.3) is 0 Å². The molecule has 0 spiro atoms. The van der Waals surface area contributed by atoms with Crippen molar-refractivity contribution in [1.29, 1.82) is 0 Å². The van der Waals surface area contributed by atoms with Gasteiger partial charge in [-0.1, -0.05) is 18.2 Å². The Kier molecular flexibility index (Phi) is 5.40. The van der Waals surface area contributed by atoms with E-state index >= 15 is 0 Å². The maximum Gasteiger partial charge on any atom is 0.413 e. The lowest BCUT2D eigenvalue weighted by atomic mass is 10.0. The van der Waals surface area contributed by atoms with E-state index in [-0.39, 0.29) is 6.61 Å². The van der Waals surface area contributed by atoms with Crippen molar-refractivity contribution in [1.82, 2.24) is 5.32 Å². The van der Waals surface area contributed by atoms with E-state index in [1.54, 1.807) is 0 Å². The van der Waals surface area contributed by atoms with Gasteiger partial charge in [0, 0.05) is 12.2 Å². The zero-order valence-corrected chi connectivity index (χ0v) is 11.8. The fourth-order valence-corrected chi connectivity index (χ4v) is 2.26. The molecule has 1 saturated heterocycles. The SMILES string of the molecule is O=C(N[C@@H](c1ccccc1OC(F)F)C(F)(F)F)[C@H]1CCOC1. The van der Waals surface area contributed by atoms with Crippen molar-refractivity contribution in [2.75, 3.05) is 13.2 Å². The molecule has 2 rings (SSSR count). The fraction of sp³-hybridized carbons (Fsp3) is 0.500. The number of halogens is 5. The van der Waals surface area contributed by atoms with E-state index in [4.69, 9.17) is 4.74 Å². The van der Waals surface area contributed by atoms with Gasteiger partial charge in [-0.2, -0.15) is 22.0 Å². The van der Waals surface area contributed by atoms with Gasteiger partial charge in [-0.25, -0.2) is 0 Å². The molecule has 0 bridgehead atoms. The Morgan fingerprint density at radius 1 is 1.30 bits per heavy atom. The molecule has 1 aromatic carbocycles. The van der Waals surface area contributed by atoms with E-state index in [1.807, 2.05) is 5.32 Å². The summed E-state index contributed by atoms with van der Waals surface area (Å²) in [7, 11) is 0. The molecule has 0 aromatic heterocycles. The van der Waals surface area contributed by atoms with Gasteiger partial charge >= 0.3 is 12.8 Å². The van der Waals surface area contributed by atoms with Gasteiger partial charge in [-0.3, -0.25) is 4.79 Å². The predicted octanol–water partition coefficient (Wildman–Crippen LogP) is 3.04. The average molecular weight is 339 g/mol. The third-order valence-corrected chi connectivity index (χ3v) is 3.36. The molecule has 0 aliphatic carbocycles. The molecule has 1 aliphatic rings. The lowest BCUT2D eigenvalue weighted by molar-refractivity contribution is -0.165. The van der Waals surface area contributed by atoms with E-state index in [2.05, 4.69) is 4.74 Å². The van der Waals surface area contributed by atoms with Crippen molar-refractivity contribution >= 4 is 5.91 Å². The first kappa shape index (κ1) is 17.5. The number of carbonyl (C=O) groups excluding carboxylic acids is 1. The van der Waals surface area contributed by atoms with E-state index in [9.17, 15) is 26.7 Å². The molecule has 0 saturated carbocycles. The largest absolute Gasteiger partial charge is 0.434 e. The standard InChI is InChI=1S/C14H14F5NO3/c15-13(16)23-10-4-2-1-3-9(10)11(14(17,18)19)20-12(21)8-5-6-22-7-8/h1-4,8,11,13H,5-7H2,(H,20,21)/t8-,11-/m0/s1. The molecule has 0 unspecified atom stereocenters. The average Bonchev–Trinajstić information content (AvgIpc) is 2.98. The van der Waals surface area contributed by atoms with Gasteiger partial charge in [0.05, 0.1) is 12.5 Å². The Labute approximate surface area is 128 Å². The lowest BCUT2D eigenvalue weighted by Crippen LogP contribution is -2.41. The topological polar surface area (TPSA) is 47.6 Å². The highest BCUT2D eigenvalue weighted by Gasteiger charge is 2.44. The van der Waals surface area contributed by atoms with Crippen LogP contribution >= 0.6 is 0 Å². The van der Waals surface area contributed by atoms with Crippen molar-refractivity contribution in [2.24, 2.45) is 5.92 Å². The number of hydrogen-bond acceptors (Lipinski definition) is 3. The molecule has 1 heterocycles. The van der Waals surface area contributed by atoms with Crippen molar-refractivity contribution in [3.63, 3.8) is 0 Å². The first-order valence-electron chi connectivity index (χ1n) is 6.77. The monoisotopic (exact) mass is 339 g/mol. The summed E-state index contributed by atoms with van der Waals surface area (Å²) in [6.07, 6.45) is -4.55. The fourth-order valence-electron chi connectivity index (χ4n) is 2.26. The Morgan fingerprint density at radius 3 is 2.57 bits per heavy atom. The van der Waals surface area contributed by atoms with Crippen LogP contribution in [0.15, 0.2) is 24.3 Å². The van der Waals surface area contributed by atoms with Crippen LogP contribution < -0.4 is 10.1 Å². The summed E-state index contributed by atoms with van der Waals surface area (Å²) in [5, 5.41) is 1.86. The lowest BCUT2D eigenvalue weighted by Gasteiger charge is -2.25. The first-order chi connectivity index (χ1) is 10.8. The summed E-state index contributed by atoms with van der Waals surface area (Å²) in [4.78, 5) is 11.9. The van der Waals surface area contributed by atoms with Crippen LogP contribution in [0.4, 0.5) is 22.0 Å². The van der Waals surface area contributed by atoms with Crippen molar-refractivity contribution in [3.05, 3.63) is 29.8 Å². The van der Waals surface area contributed by atoms with Gasteiger partial charge in [0.25, 0.3) is 0 Å². The summed E-state index contributed by atoms with van der Waals surface area (Å²) in [5.74, 6) is -2.16. The van der Waals surface area contributed by atoms with E-state index in [1.165, 1.54) is 12.1 Å². The number of carbonyl (C=O) groups is 1. The molecule has 23 heavy (non-hydrogen) atoms. The van der Waals surface area contributed by atoms with Crippen LogP contribution in [0, 0.1) is 5.92 Å². The van der Waals surface area contributed by atoms with Crippen molar-refractivity contribution < 1.29 is 36.2 Å². The molecule has 1 fully saturated rings. The Morgan fingerprint density at radius 2 is 2.00 bits per heavy atom. The molecular weight excluding hydrogens is 325 g/mol. The van der Waals surface area contributed by atoms with Crippen LogP contribution in [0.1, 0.15) is 18.0 Å².